The molecule has 2 aromatic carbocycles. The van der Waals surface area contributed by atoms with Gasteiger partial charge in [-0.25, -0.2) is 9.18 Å². The van der Waals surface area contributed by atoms with Crippen molar-refractivity contribution in [2.45, 2.75) is 57.9 Å². The number of anilines is 1. The minimum Gasteiger partial charge on any atom is -0.489 e. The number of ether oxygens (including phenoxy) is 3. The van der Waals surface area contributed by atoms with Gasteiger partial charge in [-0.1, -0.05) is 12.1 Å². The lowest BCUT2D eigenvalue weighted by Gasteiger charge is -2.27. The molecule has 0 aliphatic carbocycles. The summed E-state index contributed by atoms with van der Waals surface area (Å²) in [6.07, 6.45) is 3.49. The molecule has 1 aliphatic heterocycles. The number of benzene rings is 2. The van der Waals surface area contributed by atoms with Gasteiger partial charge in [0.1, 0.15) is 30.0 Å². The lowest BCUT2D eigenvalue weighted by Crippen LogP contribution is -2.37. The molecule has 0 radical (unpaired) electrons. The van der Waals surface area contributed by atoms with E-state index in [1.165, 1.54) is 18.3 Å². The first-order valence-corrected chi connectivity index (χ1v) is 12.0. The van der Waals surface area contributed by atoms with Crippen molar-refractivity contribution in [1.82, 2.24) is 5.32 Å². The zero-order valence-electron chi connectivity index (χ0n) is 19.6. The van der Waals surface area contributed by atoms with Crippen LogP contribution in [0.2, 0.25) is 0 Å². The van der Waals surface area contributed by atoms with E-state index in [2.05, 4.69) is 26.6 Å². The van der Waals surface area contributed by atoms with Crippen molar-refractivity contribution in [2.75, 3.05) is 18.5 Å². The smallest absolute Gasteiger partial charge is 0.408 e. The number of carbonyl (C=O) groups excluding carboxylic acids is 1. The summed E-state index contributed by atoms with van der Waals surface area (Å²) in [6.45, 7) is 6.06. The number of carbonyl (C=O) groups is 1. The first kappa shape index (κ1) is 26.0. The van der Waals surface area contributed by atoms with Gasteiger partial charge in [0.05, 0.1) is 16.1 Å². The normalized spacial score (nSPS) is 16.9. The fourth-order valence-corrected chi connectivity index (χ4v) is 4.01. The summed E-state index contributed by atoms with van der Waals surface area (Å²) in [4.78, 5) is 12.5. The molecule has 34 heavy (non-hydrogen) atoms. The van der Waals surface area contributed by atoms with E-state index in [-0.39, 0.29) is 18.7 Å². The second-order valence-electron chi connectivity index (χ2n) is 9.04. The SMILES string of the molecule is CC(C)(C)OC(=O)N[C@@H](COc1c(Br)ccc(NC2CCCCO2)c1C=N)c1ccc(F)cc1. The highest BCUT2D eigenvalue weighted by Gasteiger charge is 2.23. The lowest BCUT2D eigenvalue weighted by atomic mass is 10.1. The highest BCUT2D eigenvalue weighted by Crippen LogP contribution is 2.35. The van der Waals surface area contributed by atoms with Crippen molar-refractivity contribution in [1.29, 1.82) is 5.41 Å². The Hall–Kier alpha value is -2.65. The zero-order chi connectivity index (χ0) is 24.7. The van der Waals surface area contributed by atoms with Gasteiger partial charge < -0.3 is 30.3 Å². The Labute approximate surface area is 208 Å². The topological polar surface area (TPSA) is 92.7 Å². The molecule has 0 saturated carbocycles. The summed E-state index contributed by atoms with van der Waals surface area (Å²) in [5.41, 5.74) is 1.26. The molecule has 1 heterocycles. The van der Waals surface area contributed by atoms with Crippen LogP contribution >= 0.6 is 15.9 Å². The number of alkyl carbamates (subject to hydrolysis) is 1. The van der Waals surface area contributed by atoms with Gasteiger partial charge in [0.2, 0.25) is 0 Å². The molecule has 0 spiro atoms. The molecule has 9 heteroatoms. The molecule has 1 fully saturated rings. The summed E-state index contributed by atoms with van der Waals surface area (Å²) >= 11 is 3.50. The maximum atomic E-state index is 13.5. The van der Waals surface area contributed by atoms with Gasteiger partial charge in [-0.05, 0) is 85.8 Å². The second kappa shape index (κ2) is 11.7. The average molecular weight is 536 g/mol. The van der Waals surface area contributed by atoms with Crippen LogP contribution in [0.5, 0.6) is 5.75 Å². The summed E-state index contributed by atoms with van der Waals surface area (Å²) in [6, 6.07) is 8.92. The second-order valence-corrected chi connectivity index (χ2v) is 9.90. The van der Waals surface area contributed by atoms with Crippen LogP contribution in [-0.4, -0.2) is 37.4 Å². The highest BCUT2D eigenvalue weighted by molar-refractivity contribution is 9.10. The van der Waals surface area contributed by atoms with E-state index in [0.29, 0.717) is 28.0 Å². The molecule has 184 valence electrons. The van der Waals surface area contributed by atoms with Gasteiger partial charge >= 0.3 is 6.09 Å². The van der Waals surface area contributed by atoms with Crippen LogP contribution in [0.25, 0.3) is 0 Å². The Morgan fingerprint density at radius 2 is 2.00 bits per heavy atom. The summed E-state index contributed by atoms with van der Waals surface area (Å²) in [5, 5.41) is 14.1. The number of amides is 1. The number of hydrogen-bond donors (Lipinski definition) is 3. The molecule has 1 amide bonds. The van der Waals surface area contributed by atoms with Crippen LogP contribution in [0.1, 0.15) is 57.2 Å². The van der Waals surface area contributed by atoms with Crippen molar-refractivity contribution in [3.8, 4) is 5.75 Å². The molecular formula is C25H31BrFN3O4. The minimum absolute atomic E-state index is 0.0354. The van der Waals surface area contributed by atoms with E-state index < -0.39 is 17.7 Å². The fraction of sp³-hybridized carbons (Fsp3) is 0.440. The van der Waals surface area contributed by atoms with E-state index in [4.69, 9.17) is 19.6 Å². The van der Waals surface area contributed by atoms with E-state index in [0.717, 1.165) is 24.9 Å². The number of rotatable bonds is 8. The number of nitrogens with one attached hydrogen (secondary N) is 3. The third kappa shape index (κ3) is 7.43. The maximum absolute atomic E-state index is 13.5. The van der Waals surface area contributed by atoms with E-state index in [9.17, 15) is 9.18 Å². The molecule has 1 aliphatic rings. The molecule has 2 aromatic rings. The van der Waals surface area contributed by atoms with E-state index in [1.54, 1.807) is 32.9 Å². The monoisotopic (exact) mass is 535 g/mol. The van der Waals surface area contributed by atoms with Crippen LogP contribution in [0, 0.1) is 11.2 Å². The van der Waals surface area contributed by atoms with Crippen molar-refractivity contribution < 1.29 is 23.4 Å². The van der Waals surface area contributed by atoms with Gasteiger partial charge in [0.25, 0.3) is 0 Å². The van der Waals surface area contributed by atoms with Gasteiger partial charge in [0.15, 0.2) is 0 Å². The Kier molecular flexibility index (Phi) is 8.90. The van der Waals surface area contributed by atoms with Crippen LogP contribution in [0.15, 0.2) is 40.9 Å². The van der Waals surface area contributed by atoms with E-state index >= 15 is 0 Å². The minimum atomic E-state index is -0.671. The molecule has 3 rings (SSSR count). The predicted molar refractivity (Wildman–Crippen MR) is 133 cm³/mol. The van der Waals surface area contributed by atoms with Crippen molar-refractivity contribution >= 4 is 33.9 Å². The van der Waals surface area contributed by atoms with Crippen LogP contribution < -0.4 is 15.4 Å². The van der Waals surface area contributed by atoms with Crippen molar-refractivity contribution in [2.24, 2.45) is 0 Å². The maximum Gasteiger partial charge on any atom is 0.408 e. The van der Waals surface area contributed by atoms with Crippen LogP contribution in [0.4, 0.5) is 14.9 Å². The zero-order valence-corrected chi connectivity index (χ0v) is 21.2. The molecule has 1 unspecified atom stereocenters. The summed E-state index contributed by atoms with van der Waals surface area (Å²) in [5.74, 6) is 0.0761. The van der Waals surface area contributed by atoms with Gasteiger partial charge in [-0.2, -0.15) is 0 Å². The van der Waals surface area contributed by atoms with E-state index in [1.807, 2.05) is 12.1 Å². The molecule has 3 N–H and O–H groups in total. The largest absolute Gasteiger partial charge is 0.489 e. The van der Waals surface area contributed by atoms with Crippen molar-refractivity contribution in [3.05, 3.63) is 57.8 Å². The summed E-state index contributed by atoms with van der Waals surface area (Å²) in [7, 11) is 0. The Morgan fingerprint density at radius 1 is 1.26 bits per heavy atom. The van der Waals surface area contributed by atoms with Gasteiger partial charge in [0, 0.05) is 18.5 Å². The number of hydrogen-bond acceptors (Lipinski definition) is 6. The molecule has 0 bridgehead atoms. The Bertz CT molecular complexity index is 989. The first-order valence-electron chi connectivity index (χ1n) is 11.2. The third-order valence-corrected chi connectivity index (χ3v) is 5.77. The third-order valence-electron chi connectivity index (χ3n) is 5.15. The first-order chi connectivity index (χ1) is 16.2. The van der Waals surface area contributed by atoms with Gasteiger partial charge in [-0.15, -0.1) is 0 Å². The quantitative estimate of drug-likeness (QED) is 0.351. The number of halogens is 2. The standard InChI is InChI=1S/C25H31BrFN3O4/c1-25(2,3)34-24(31)30-21(16-7-9-17(27)10-8-16)15-33-23-18(14-28)20(12-11-19(23)26)29-22-6-4-5-13-32-22/h7-12,14,21-22,28-29H,4-6,13,15H2,1-3H3,(H,30,31)/t21-,22?/m0/s1. The molecule has 7 nitrogen and oxygen atoms in total. The Balaban J connectivity index is 1.81. The molecule has 1 saturated heterocycles. The summed E-state index contributed by atoms with van der Waals surface area (Å²) < 4.78 is 31.4. The molecule has 2 atom stereocenters. The highest BCUT2D eigenvalue weighted by atomic mass is 79.9. The predicted octanol–water partition coefficient (Wildman–Crippen LogP) is 6.17. The van der Waals surface area contributed by atoms with Crippen LogP contribution in [0.3, 0.4) is 0 Å². The molecular weight excluding hydrogens is 505 g/mol. The average Bonchev–Trinajstić information content (AvgIpc) is 2.78. The lowest BCUT2D eigenvalue weighted by molar-refractivity contribution is 0.0343. The van der Waals surface area contributed by atoms with Crippen LogP contribution in [-0.2, 0) is 9.47 Å². The van der Waals surface area contributed by atoms with Crippen molar-refractivity contribution in [3.63, 3.8) is 0 Å². The molecule has 0 aromatic heterocycles. The Morgan fingerprint density at radius 3 is 2.62 bits per heavy atom. The fourth-order valence-electron chi connectivity index (χ4n) is 3.55. The van der Waals surface area contributed by atoms with Gasteiger partial charge in [-0.3, -0.25) is 0 Å².